The summed E-state index contributed by atoms with van der Waals surface area (Å²) in [6.45, 7) is 1.20. The van der Waals surface area contributed by atoms with Crippen molar-refractivity contribution in [3.8, 4) is 10.6 Å². The third-order valence-electron chi connectivity index (χ3n) is 5.17. The number of nitrogens with zero attached hydrogens (tertiary/aromatic N) is 3. The molecule has 1 aliphatic heterocycles. The van der Waals surface area contributed by atoms with E-state index in [4.69, 9.17) is 11.6 Å². The second-order valence-corrected chi connectivity index (χ2v) is 8.55. The molecule has 0 aliphatic carbocycles. The number of piperidine rings is 1. The summed E-state index contributed by atoms with van der Waals surface area (Å²) in [4.78, 5) is 15.7. The van der Waals surface area contributed by atoms with Gasteiger partial charge in [0.25, 0.3) is 0 Å². The lowest BCUT2D eigenvalue weighted by molar-refractivity contribution is -0.137. The van der Waals surface area contributed by atoms with E-state index in [9.17, 15) is 18.0 Å². The zero-order valence-corrected chi connectivity index (χ0v) is 17.8. The van der Waals surface area contributed by atoms with Gasteiger partial charge in [-0.2, -0.15) is 13.2 Å². The van der Waals surface area contributed by atoms with Crippen molar-refractivity contribution in [3.63, 3.8) is 0 Å². The van der Waals surface area contributed by atoms with E-state index in [-0.39, 0.29) is 22.5 Å². The zero-order valence-electron chi connectivity index (χ0n) is 16.2. The number of hydrogen-bond acceptors (Lipinski definition) is 5. The van der Waals surface area contributed by atoms with E-state index in [0.29, 0.717) is 25.9 Å². The van der Waals surface area contributed by atoms with E-state index in [1.807, 2.05) is 34.5 Å². The molecule has 3 aromatic rings. The lowest BCUT2D eigenvalue weighted by atomic mass is 9.95. The first kappa shape index (κ1) is 21.6. The topological polar surface area (TPSA) is 58.1 Å². The predicted molar refractivity (Wildman–Crippen MR) is 115 cm³/mol. The number of carbonyl (C=O) groups excluding carboxylic acids is 1. The summed E-state index contributed by atoms with van der Waals surface area (Å²) in [5.41, 5.74) is -0.0727. The van der Waals surface area contributed by atoms with Crippen LogP contribution in [0.15, 0.2) is 47.8 Å². The Morgan fingerprint density at radius 2 is 1.90 bits per heavy atom. The molecule has 0 bridgehead atoms. The number of alkyl halides is 3. The number of aromatic nitrogens is 2. The molecule has 31 heavy (non-hydrogen) atoms. The SMILES string of the molecule is O=C(Nc1cc(C(F)(F)F)ccc1Cl)C1CCN(c2ccc(-c3cccs3)nn2)CC1. The number of hydrogen-bond donors (Lipinski definition) is 1. The van der Waals surface area contributed by atoms with Crippen LogP contribution >= 0.6 is 22.9 Å². The Labute approximate surface area is 185 Å². The summed E-state index contributed by atoms with van der Waals surface area (Å²) in [6, 6.07) is 10.7. The van der Waals surface area contributed by atoms with Crippen molar-refractivity contribution in [2.45, 2.75) is 19.0 Å². The van der Waals surface area contributed by atoms with Crippen LogP contribution in [0.25, 0.3) is 10.6 Å². The van der Waals surface area contributed by atoms with Crippen LogP contribution in [0.2, 0.25) is 5.02 Å². The van der Waals surface area contributed by atoms with Crippen LogP contribution in [-0.4, -0.2) is 29.2 Å². The number of anilines is 2. The largest absolute Gasteiger partial charge is 0.416 e. The minimum Gasteiger partial charge on any atom is -0.355 e. The van der Waals surface area contributed by atoms with Gasteiger partial charge in [0.05, 0.1) is 21.2 Å². The van der Waals surface area contributed by atoms with E-state index >= 15 is 0 Å². The standard InChI is InChI=1S/C21H18ClF3N4OS/c22-15-4-3-14(21(23,24)25)12-17(15)26-20(30)13-7-9-29(10-8-13)19-6-5-16(27-28-19)18-2-1-11-31-18/h1-6,11-13H,7-10H2,(H,26,30). The van der Waals surface area contributed by atoms with Crippen molar-refractivity contribution >= 4 is 40.4 Å². The summed E-state index contributed by atoms with van der Waals surface area (Å²) in [5.74, 6) is 0.0836. The van der Waals surface area contributed by atoms with E-state index in [1.165, 1.54) is 0 Å². The number of nitrogens with one attached hydrogen (secondary N) is 1. The van der Waals surface area contributed by atoms with Crippen molar-refractivity contribution < 1.29 is 18.0 Å². The summed E-state index contributed by atoms with van der Waals surface area (Å²) >= 11 is 7.57. The second-order valence-electron chi connectivity index (χ2n) is 7.20. The van der Waals surface area contributed by atoms with Crippen molar-refractivity contribution in [1.82, 2.24) is 10.2 Å². The van der Waals surface area contributed by atoms with Gasteiger partial charge in [-0.25, -0.2) is 0 Å². The average Bonchev–Trinajstić information content (AvgIpc) is 3.30. The molecule has 10 heteroatoms. The number of benzene rings is 1. The monoisotopic (exact) mass is 466 g/mol. The Morgan fingerprint density at radius 1 is 1.13 bits per heavy atom. The molecule has 0 radical (unpaired) electrons. The maximum atomic E-state index is 12.9. The number of amides is 1. The molecule has 162 valence electrons. The molecule has 1 aromatic carbocycles. The zero-order chi connectivity index (χ0) is 22.0. The molecule has 1 saturated heterocycles. The van der Waals surface area contributed by atoms with Gasteiger partial charge in [-0.15, -0.1) is 21.5 Å². The summed E-state index contributed by atoms with van der Waals surface area (Å²) in [7, 11) is 0. The van der Waals surface area contributed by atoms with Gasteiger partial charge < -0.3 is 10.2 Å². The highest BCUT2D eigenvalue weighted by Gasteiger charge is 2.32. The van der Waals surface area contributed by atoms with E-state index in [1.54, 1.807) is 11.3 Å². The van der Waals surface area contributed by atoms with Crippen LogP contribution < -0.4 is 10.2 Å². The van der Waals surface area contributed by atoms with Crippen LogP contribution in [-0.2, 0) is 11.0 Å². The van der Waals surface area contributed by atoms with Crippen molar-refractivity contribution in [2.24, 2.45) is 5.92 Å². The molecule has 4 rings (SSSR count). The molecule has 3 heterocycles. The maximum absolute atomic E-state index is 12.9. The molecule has 1 fully saturated rings. The Morgan fingerprint density at radius 3 is 2.52 bits per heavy atom. The first-order valence-corrected chi connectivity index (χ1v) is 10.9. The molecule has 0 atom stereocenters. The molecular formula is C21H18ClF3N4OS. The molecule has 1 amide bonds. The van der Waals surface area contributed by atoms with E-state index < -0.39 is 11.7 Å². The second kappa shape index (κ2) is 8.84. The van der Waals surface area contributed by atoms with E-state index in [0.717, 1.165) is 34.6 Å². The first-order chi connectivity index (χ1) is 14.8. The normalized spacial score (nSPS) is 15.2. The lowest BCUT2D eigenvalue weighted by Crippen LogP contribution is -2.38. The van der Waals surface area contributed by atoms with Crippen LogP contribution in [0.1, 0.15) is 18.4 Å². The maximum Gasteiger partial charge on any atom is 0.416 e. The van der Waals surface area contributed by atoms with Gasteiger partial charge in [0.2, 0.25) is 5.91 Å². The van der Waals surface area contributed by atoms with Crippen molar-refractivity contribution in [3.05, 3.63) is 58.4 Å². The van der Waals surface area contributed by atoms with Crippen LogP contribution in [0.5, 0.6) is 0 Å². The quantitative estimate of drug-likeness (QED) is 0.533. The molecule has 0 saturated carbocycles. The highest BCUT2D eigenvalue weighted by molar-refractivity contribution is 7.13. The highest BCUT2D eigenvalue weighted by atomic mass is 35.5. The number of thiophene rings is 1. The Bertz CT molecular complexity index is 1050. The summed E-state index contributed by atoms with van der Waals surface area (Å²) in [5, 5.41) is 13.2. The minimum absolute atomic E-state index is 0.0287. The minimum atomic E-state index is -4.50. The van der Waals surface area contributed by atoms with E-state index in [2.05, 4.69) is 15.5 Å². The molecule has 0 spiro atoms. The third kappa shape index (κ3) is 4.99. The Hall–Kier alpha value is -2.65. The average molecular weight is 467 g/mol. The fraction of sp³-hybridized carbons (Fsp3) is 0.286. The number of rotatable bonds is 4. The van der Waals surface area contributed by atoms with Gasteiger partial charge in [-0.1, -0.05) is 17.7 Å². The Balaban J connectivity index is 1.36. The van der Waals surface area contributed by atoms with Gasteiger partial charge >= 0.3 is 6.18 Å². The fourth-order valence-corrected chi connectivity index (χ4v) is 4.31. The van der Waals surface area contributed by atoms with Crippen LogP contribution in [0.4, 0.5) is 24.7 Å². The Kier molecular flexibility index (Phi) is 6.15. The molecular weight excluding hydrogens is 449 g/mol. The molecule has 2 aromatic heterocycles. The molecule has 5 nitrogen and oxygen atoms in total. The lowest BCUT2D eigenvalue weighted by Gasteiger charge is -2.31. The summed E-state index contributed by atoms with van der Waals surface area (Å²) < 4.78 is 38.8. The van der Waals surface area contributed by atoms with Gasteiger partial charge in [0, 0.05) is 19.0 Å². The molecule has 0 unspecified atom stereocenters. The number of carbonyl (C=O) groups is 1. The highest BCUT2D eigenvalue weighted by Crippen LogP contribution is 2.34. The first-order valence-electron chi connectivity index (χ1n) is 9.61. The predicted octanol–water partition coefficient (Wildman–Crippen LogP) is 5.73. The van der Waals surface area contributed by atoms with Crippen molar-refractivity contribution in [1.29, 1.82) is 0 Å². The fourth-order valence-electron chi connectivity index (χ4n) is 3.45. The van der Waals surface area contributed by atoms with Crippen LogP contribution in [0, 0.1) is 5.92 Å². The molecule has 1 aliphatic rings. The molecule has 1 N–H and O–H groups in total. The summed E-state index contributed by atoms with van der Waals surface area (Å²) in [6.07, 6.45) is -3.40. The van der Waals surface area contributed by atoms with Gasteiger partial charge in [-0.05, 0) is 54.6 Å². The third-order valence-corrected chi connectivity index (χ3v) is 6.39. The van der Waals surface area contributed by atoms with Gasteiger partial charge in [0.15, 0.2) is 5.82 Å². The van der Waals surface area contributed by atoms with Gasteiger partial charge in [0.1, 0.15) is 5.69 Å². The number of halogens is 4. The van der Waals surface area contributed by atoms with Crippen LogP contribution in [0.3, 0.4) is 0 Å². The smallest absolute Gasteiger partial charge is 0.355 e. The van der Waals surface area contributed by atoms with Crippen molar-refractivity contribution in [2.75, 3.05) is 23.3 Å². The van der Waals surface area contributed by atoms with Gasteiger partial charge in [-0.3, -0.25) is 4.79 Å².